The van der Waals surface area contributed by atoms with Crippen LogP contribution in [-0.4, -0.2) is 58.6 Å². The van der Waals surface area contributed by atoms with Gasteiger partial charge in [-0.1, -0.05) is 0 Å². The number of ether oxygens (including phenoxy) is 5. The summed E-state index contributed by atoms with van der Waals surface area (Å²) in [5, 5.41) is 2.60. The summed E-state index contributed by atoms with van der Waals surface area (Å²) in [4.78, 5) is 24.1. The van der Waals surface area contributed by atoms with Gasteiger partial charge >= 0.3 is 5.97 Å². The van der Waals surface area contributed by atoms with Gasteiger partial charge in [0.25, 0.3) is 5.91 Å². The number of fused-ring (bicyclic) bond motifs is 1. The third kappa shape index (κ3) is 4.29. The number of esters is 1. The Labute approximate surface area is 140 Å². The number of methoxy groups -OCH3 is 2. The summed E-state index contributed by atoms with van der Waals surface area (Å²) in [5.41, 5.74) is 0.215. The molecule has 1 aliphatic heterocycles. The minimum atomic E-state index is -0.937. The molecule has 2 rings (SSSR count). The standard InChI is InChI=1S/C16H21NO7/c1-10(15(18)17-4-5-20-2)24-16(19)11-8-12(21-3)14-13(9-11)22-6-7-23-14/h8-10H,4-7H2,1-3H3,(H,17,18)/t10-/m0/s1. The number of carbonyl (C=O) groups is 2. The average Bonchev–Trinajstić information content (AvgIpc) is 2.60. The molecule has 1 amide bonds. The molecular formula is C16H21NO7. The van der Waals surface area contributed by atoms with Crippen LogP contribution in [0.25, 0.3) is 0 Å². The maximum absolute atomic E-state index is 12.3. The maximum Gasteiger partial charge on any atom is 0.339 e. The minimum absolute atomic E-state index is 0.215. The molecule has 0 radical (unpaired) electrons. The molecule has 1 atom stereocenters. The van der Waals surface area contributed by atoms with Crippen LogP contribution < -0.4 is 19.5 Å². The quantitative estimate of drug-likeness (QED) is 0.579. The first-order valence-electron chi connectivity index (χ1n) is 7.52. The van der Waals surface area contributed by atoms with Crippen molar-refractivity contribution in [3.8, 4) is 17.2 Å². The van der Waals surface area contributed by atoms with Gasteiger partial charge in [-0.3, -0.25) is 4.79 Å². The van der Waals surface area contributed by atoms with E-state index in [9.17, 15) is 9.59 Å². The van der Waals surface area contributed by atoms with Gasteiger partial charge in [0, 0.05) is 13.7 Å². The fourth-order valence-corrected chi connectivity index (χ4v) is 2.09. The predicted octanol–water partition coefficient (Wildman–Crippen LogP) is 0.774. The summed E-state index contributed by atoms with van der Waals surface area (Å²) in [6, 6.07) is 3.00. The van der Waals surface area contributed by atoms with E-state index in [-0.39, 0.29) is 5.56 Å². The number of rotatable bonds is 7. The van der Waals surface area contributed by atoms with E-state index in [1.807, 2.05) is 0 Å². The first kappa shape index (κ1) is 17.9. The lowest BCUT2D eigenvalue weighted by molar-refractivity contribution is -0.129. The highest BCUT2D eigenvalue weighted by Crippen LogP contribution is 2.40. The molecule has 1 aliphatic rings. The fourth-order valence-electron chi connectivity index (χ4n) is 2.09. The largest absolute Gasteiger partial charge is 0.493 e. The van der Waals surface area contributed by atoms with Gasteiger partial charge in [-0.2, -0.15) is 0 Å². The van der Waals surface area contributed by atoms with Crippen LogP contribution >= 0.6 is 0 Å². The van der Waals surface area contributed by atoms with Gasteiger partial charge in [0.15, 0.2) is 17.6 Å². The molecule has 8 heteroatoms. The van der Waals surface area contributed by atoms with Crippen molar-refractivity contribution in [1.82, 2.24) is 5.32 Å². The topological polar surface area (TPSA) is 92.3 Å². The number of nitrogens with one attached hydrogen (secondary N) is 1. The highest BCUT2D eigenvalue weighted by atomic mass is 16.6. The SMILES string of the molecule is COCCNC(=O)[C@H](C)OC(=O)c1cc(OC)c2c(c1)OCCO2. The molecule has 0 aromatic heterocycles. The van der Waals surface area contributed by atoms with Crippen molar-refractivity contribution in [3.05, 3.63) is 17.7 Å². The Morgan fingerprint density at radius 2 is 2.00 bits per heavy atom. The van der Waals surface area contributed by atoms with E-state index >= 15 is 0 Å². The van der Waals surface area contributed by atoms with Crippen LogP contribution in [0.3, 0.4) is 0 Å². The Morgan fingerprint density at radius 3 is 2.71 bits per heavy atom. The van der Waals surface area contributed by atoms with Gasteiger partial charge < -0.3 is 29.0 Å². The van der Waals surface area contributed by atoms with Crippen molar-refractivity contribution < 1.29 is 33.3 Å². The van der Waals surface area contributed by atoms with Crippen LogP contribution in [0.2, 0.25) is 0 Å². The molecule has 0 bridgehead atoms. The summed E-state index contributed by atoms with van der Waals surface area (Å²) < 4.78 is 26.2. The number of hydrogen-bond donors (Lipinski definition) is 1. The van der Waals surface area contributed by atoms with Crippen LogP contribution in [-0.2, 0) is 14.3 Å². The molecule has 0 saturated heterocycles. The first-order chi connectivity index (χ1) is 11.6. The Kier molecular flexibility index (Phi) is 6.25. The van der Waals surface area contributed by atoms with E-state index in [1.54, 1.807) is 0 Å². The molecule has 132 valence electrons. The van der Waals surface area contributed by atoms with E-state index in [2.05, 4.69) is 5.32 Å². The highest BCUT2D eigenvalue weighted by Gasteiger charge is 2.24. The van der Waals surface area contributed by atoms with E-state index in [0.717, 1.165) is 0 Å². The second-order valence-corrected chi connectivity index (χ2v) is 5.03. The third-order valence-electron chi connectivity index (χ3n) is 3.32. The number of amides is 1. The molecule has 1 aromatic rings. The van der Waals surface area contributed by atoms with E-state index in [4.69, 9.17) is 23.7 Å². The second-order valence-electron chi connectivity index (χ2n) is 5.03. The summed E-state index contributed by atoms with van der Waals surface area (Å²) in [7, 11) is 3.00. The Hall–Kier alpha value is -2.48. The van der Waals surface area contributed by atoms with Crippen LogP contribution in [0.4, 0.5) is 0 Å². The second kappa shape index (κ2) is 8.39. The fraction of sp³-hybridized carbons (Fsp3) is 0.500. The lowest BCUT2D eigenvalue weighted by Crippen LogP contribution is -2.37. The molecule has 0 unspecified atom stereocenters. The monoisotopic (exact) mass is 339 g/mol. The predicted molar refractivity (Wildman–Crippen MR) is 83.7 cm³/mol. The Balaban J connectivity index is 2.05. The lowest BCUT2D eigenvalue weighted by Gasteiger charge is -2.21. The molecule has 0 spiro atoms. The average molecular weight is 339 g/mol. The smallest absolute Gasteiger partial charge is 0.339 e. The molecule has 1 aromatic carbocycles. The summed E-state index contributed by atoms with van der Waals surface area (Å²) in [5.74, 6) is 0.177. The number of carbonyl (C=O) groups excluding carboxylic acids is 2. The van der Waals surface area contributed by atoms with Crippen molar-refractivity contribution in [2.24, 2.45) is 0 Å². The zero-order chi connectivity index (χ0) is 17.5. The Morgan fingerprint density at radius 1 is 1.25 bits per heavy atom. The molecule has 8 nitrogen and oxygen atoms in total. The zero-order valence-electron chi connectivity index (χ0n) is 13.9. The van der Waals surface area contributed by atoms with Crippen molar-refractivity contribution >= 4 is 11.9 Å². The Bertz CT molecular complexity index is 585. The van der Waals surface area contributed by atoms with Crippen molar-refractivity contribution in [1.29, 1.82) is 0 Å². The first-order valence-corrected chi connectivity index (χ1v) is 7.52. The van der Waals surface area contributed by atoms with Crippen LogP contribution in [0.1, 0.15) is 17.3 Å². The molecule has 1 N–H and O–H groups in total. The van der Waals surface area contributed by atoms with Gasteiger partial charge in [-0.05, 0) is 19.1 Å². The molecule has 0 fully saturated rings. The lowest BCUT2D eigenvalue weighted by atomic mass is 10.1. The maximum atomic E-state index is 12.3. The minimum Gasteiger partial charge on any atom is -0.493 e. The zero-order valence-corrected chi connectivity index (χ0v) is 13.9. The van der Waals surface area contributed by atoms with Gasteiger partial charge in [0.05, 0.1) is 19.3 Å². The van der Waals surface area contributed by atoms with E-state index in [0.29, 0.717) is 43.6 Å². The molecule has 24 heavy (non-hydrogen) atoms. The van der Waals surface area contributed by atoms with Crippen LogP contribution in [0.5, 0.6) is 17.2 Å². The summed E-state index contributed by atoms with van der Waals surface area (Å²) in [6.45, 7) is 3.01. The summed E-state index contributed by atoms with van der Waals surface area (Å²) in [6.07, 6.45) is -0.937. The van der Waals surface area contributed by atoms with Gasteiger partial charge in [-0.15, -0.1) is 0 Å². The third-order valence-corrected chi connectivity index (χ3v) is 3.32. The highest BCUT2D eigenvalue weighted by molar-refractivity contribution is 5.93. The van der Waals surface area contributed by atoms with Crippen molar-refractivity contribution in [2.45, 2.75) is 13.0 Å². The van der Waals surface area contributed by atoms with Crippen LogP contribution in [0, 0.1) is 0 Å². The molecule has 0 aliphatic carbocycles. The van der Waals surface area contributed by atoms with E-state index in [1.165, 1.54) is 33.3 Å². The van der Waals surface area contributed by atoms with Gasteiger partial charge in [0.1, 0.15) is 13.2 Å². The van der Waals surface area contributed by atoms with Crippen LogP contribution in [0.15, 0.2) is 12.1 Å². The molecule has 0 saturated carbocycles. The van der Waals surface area contributed by atoms with Crippen molar-refractivity contribution in [3.63, 3.8) is 0 Å². The normalized spacial score (nSPS) is 13.8. The van der Waals surface area contributed by atoms with Gasteiger partial charge in [-0.25, -0.2) is 4.79 Å². The number of hydrogen-bond acceptors (Lipinski definition) is 7. The van der Waals surface area contributed by atoms with Gasteiger partial charge in [0.2, 0.25) is 5.75 Å². The van der Waals surface area contributed by atoms with E-state index < -0.39 is 18.0 Å². The molecular weight excluding hydrogens is 318 g/mol. The summed E-state index contributed by atoms with van der Waals surface area (Å²) >= 11 is 0. The molecule has 1 heterocycles. The van der Waals surface area contributed by atoms with Crippen molar-refractivity contribution in [2.75, 3.05) is 40.6 Å². The number of benzene rings is 1.